The monoisotopic (exact) mass is 661 g/mol. The zero-order chi connectivity index (χ0) is 32.9. The molecule has 13 heteroatoms. The van der Waals surface area contributed by atoms with Crippen molar-refractivity contribution in [3.05, 3.63) is 84.4 Å². The van der Waals surface area contributed by atoms with Crippen LogP contribution in [0, 0.1) is 11.3 Å². The number of fused-ring (bicyclic) bond motifs is 1. The average molecular weight is 662 g/mol. The average Bonchev–Trinajstić information content (AvgIpc) is 3.53. The van der Waals surface area contributed by atoms with Crippen LogP contribution in [0.15, 0.2) is 78.9 Å². The van der Waals surface area contributed by atoms with Crippen LogP contribution in [-0.4, -0.2) is 55.8 Å². The highest BCUT2D eigenvalue weighted by Gasteiger charge is 2.64. The summed E-state index contributed by atoms with van der Waals surface area (Å²) in [7, 11) is 1.39. The molecule has 2 aliphatic heterocycles. The zero-order valence-corrected chi connectivity index (χ0v) is 27.0. The molecule has 3 aromatic carbocycles. The van der Waals surface area contributed by atoms with Crippen molar-refractivity contribution in [3.8, 4) is 29.1 Å². The van der Waals surface area contributed by atoms with Crippen molar-refractivity contribution in [1.29, 1.82) is 5.26 Å². The van der Waals surface area contributed by atoms with Crippen LogP contribution in [0.4, 0.5) is 9.59 Å². The Bertz CT molecular complexity index is 1670. The van der Waals surface area contributed by atoms with E-state index >= 15 is 0 Å². The molecule has 0 unspecified atom stereocenters. The van der Waals surface area contributed by atoms with Crippen molar-refractivity contribution in [2.75, 3.05) is 13.8 Å². The highest BCUT2D eigenvalue weighted by molar-refractivity contribution is 8.15. The van der Waals surface area contributed by atoms with Crippen molar-refractivity contribution >= 4 is 45.9 Å². The van der Waals surface area contributed by atoms with E-state index in [4.69, 9.17) is 18.9 Å². The van der Waals surface area contributed by atoms with Gasteiger partial charge in [0.2, 0.25) is 6.79 Å². The summed E-state index contributed by atoms with van der Waals surface area (Å²) in [5.41, 5.74) is 0.607. The first-order valence-corrected chi connectivity index (χ1v) is 16.1. The number of piperazine rings is 1. The molecular formula is C33H31N3O8S2. The number of benzene rings is 3. The van der Waals surface area contributed by atoms with Gasteiger partial charge in [0.05, 0.1) is 12.1 Å². The van der Waals surface area contributed by atoms with E-state index in [0.717, 1.165) is 4.90 Å². The standard InChI is InChI=1S/C33H31N3O8S2/c1-4-25(22-16-17-26-27(20-22)42-21-41-26)36-28(37)32(2,45-30(39)43-23-12-7-5-8-13-23)35(3)29(38)33(36,18-11-19-34)46-31(40)44-24-14-9-6-10-15-24/h5-10,12-17,20,25H,4,11,18,21H2,1-3H3/t25-,32+,33+/m1/s1. The van der Waals surface area contributed by atoms with Crippen LogP contribution >= 0.6 is 23.5 Å². The Morgan fingerprint density at radius 3 is 2.09 bits per heavy atom. The molecule has 2 heterocycles. The normalized spacial score (nSPS) is 21.0. The first-order chi connectivity index (χ1) is 22.1. The van der Waals surface area contributed by atoms with E-state index in [2.05, 4.69) is 6.07 Å². The summed E-state index contributed by atoms with van der Waals surface area (Å²) >= 11 is 1.08. The molecule has 0 radical (unpaired) electrons. The summed E-state index contributed by atoms with van der Waals surface area (Å²) in [6, 6.07) is 23.1. The van der Waals surface area contributed by atoms with Gasteiger partial charge in [-0.25, -0.2) is 9.59 Å². The summed E-state index contributed by atoms with van der Waals surface area (Å²) in [6.45, 7) is 3.33. The second-order valence-electron chi connectivity index (χ2n) is 10.5. The molecule has 1 fully saturated rings. The maximum atomic E-state index is 14.9. The fraction of sp³-hybridized carbons (Fsp3) is 0.303. The Morgan fingerprint density at radius 2 is 1.50 bits per heavy atom. The number of nitriles is 1. The molecule has 2 amide bonds. The molecule has 2 aliphatic rings. The topological polar surface area (TPSA) is 135 Å². The molecule has 0 aromatic heterocycles. The summed E-state index contributed by atoms with van der Waals surface area (Å²) in [5, 5.41) is 8.02. The lowest BCUT2D eigenvalue weighted by Crippen LogP contribution is -2.73. The van der Waals surface area contributed by atoms with Crippen molar-refractivity contribution in [3.63, 3.8) is 0 Å². The lowest BCUT2D eigenvalue weighted by Gasteiger charge is -2.55. The zero-order valence-electron chi connectivity index (χ0n) is 25.3. The van der Waals surface area contributed by atoms with Crippen molar-refractivity contribution < 1.29 is 38.1 Å². The van der Waals surface area contributed by atoms with Gasteiger partial charge in [-0.2, -0.15) is 5.26 Å². The van der Waals surface area contributed by atoms with Crippen LogP contribution in [0.2, 0.25) is 0 Å². The first-order valence-electron chi connectivity index (χ1n) is 14.4. The highest BCUT2D eigenvalue weighted by Crippen LogP contribution is 2.52. The molecule has 0 aliphatic carbocycles. The van der Waals surface area contributed by atoms with Crippen LogP contribution < -0.4 is 18.9 Å². The van der Waals surface area contributed by atoms with E-state index in [1.165, 1.54) is 18.9 Å². The minimum atomic E-state index is -1.91. The SMILES string of the molecule is CC[C@H](c1ccc2c(c1)OCO2)N1C(=O)[C@](C)(SC(=O)Oc2ccccc2)N(C)C(=O)[C@]1(CCC#N)SC(=O)Oc1ccccc1. The quantitative estimate of drug-likeness (QED) is 0.225. The number of likely N-dealkylation sites (N-methyl/N-ethyl adjacent to an activating group) is 1. The molecule has 238 valence electrons. The molecule has 0 N–H and O–H groups in total. The predicted octanol–water partition coefficient (Wildman–Crippen LogP) is 6.75. The summed E-state index contributed by atoms with van der Waals surface area (Å²) in [6.07, 6.45) is -0.0458. The third-order valence-corrected chi connectivity index (χ3v) is 10.0. The van der Waals surface area contributed by atoms with Gasteiger partial charge in [0.25, 0.3) is 11.8 Å². The van der Waals surface area contributed by atoms with Crippen LogP contribution in [0.3, 0.4) is 0 Å². The van der Waals surface area contributed by atoms with Gasteiger partial charge in [-0.1, -0.05) is 49.4 Å². The fourth-order valence-corrected chi connectivity index (χ4v) is 7.41. The van der Waals surface area contributed by atoms with E-state index in [9.17, 15) is 24.4 Å². The van der Waals surface area contributed by atoms with E-state index in [1.54, 1.807) is 78.9 Å². The van der Waals surface area contributed by atoms with Gasteiger partial charge in [-0.05, 0) is 78.8 Å². The number of amides is 2. The molecular weight excluding hydrogens is 631 g/mol. The third kappa shape index (κ3) is 6.36. The van der Waals surface area contributed by atoms with Crippen LogP contribution in [0.25, 0.3) is 0 Å². The number of carbonyl (C=O) groups is 4. The largest absolute Gasteiger partial charge is 0.454 e. The first kappa shape index (κ1) is 32.7. The number of hydrogen-bond donors (Lipinski definition) is 0. The molecule has 0 bridgehead atoms. The van der Waals surface area contributed by atoms with Crippen molar-refractivity contribution in [2.24, 2.45) is 0 Å². The number of rotatable bonds is 9. The van der Waals surface area contributed by atoms with Crippen LogP contribution in [0.1, 0.15) is 44.7 Å². The Kier molecular flexibility index (Phi) is 9.79. The Hall–Kier alpha value is -4.67. The molecule has 1 saturated heterocycles. The van der Waals surface area contributed by atoms with Gasteiger partial charge in [0, 0.05) is 19.9 Å². The number of thioether (sulfide) groups is 2. The lowest BCUT2D eigenvalue weighted by molar-refractivity contribution is -0.167. The number of nitrogens with zero attached hydrogens (tertiary/aromatic N) is 3. The molecule has 0 saturated carbocycles. The minimum absolute atomic E-state index is 0.0347. The second-order valence-corrected chi connectivity index (χ2v) is 13.1. The summed E-state index contributed by atoms with van der Waals surface area (Å²) in [5.74, 6) is 0.223. The van der Waals surface area contributed by atoms with Crippen molar-refractivity contribution in [2.45, 2.75) is 48.9 Å². The molecule has 46 heavy (non-hydrogen) atoms. The summed E-state index contributed by atoms with van der Waals surface area (Å²) in [4.78, 5) is 55.1. The number of ether oxygens (including phenoxy) is 4. The maximum absolute atomic E-state index is 14.9. The Balaban J connectivity index is 1.60. The predicted molar refractivity (Wildman–Crippen MR) is 171 cm³/mol. The number of carbonyl (C=O) groups excluding carboxylic acids is 4. The maximum Gasteiger partial charge on any atom is 0.375 e. The molecule has 5 rings (SSSR count). The number of hydrogen-bond acceptors (Lipinski definition) is 11. The second kappa shape index (κ2) is 13.8. The van der Waals surface area contributed by atoms with E-state index < -0.39 is 38.2 Å². The Morgan fingerprint density at radius 1 is 0.913 bits per heavy atom. The molecule has 0 spiro atoms. The lowest BCUT2D eigenvalue weighted by atomic mass is 9.93. The van der Waals surface area contributed by atoms with Gasteiger partial charge in [-0.15, -0.1) is 0 Å². The molecule has 3 aromatic rings. The van der Waals surface area contributed by atoms with Gasteiger partial charge in [0.15, 0.2) is 21.2 Å². The van der Waals surface area contributed by atoms with Gasteiger partial charge in [0.1, 0.15) is 11.5 Å². The van der Waals surface area contributed by atoms with Gasteiger partial charge < -0.3 is 28.7 Å². The fourth-order valence-electron chi connectivity index (χ4n) is 5.39. The van der Waals surface area contributed by atoms with Crippen LogP contribution in [0.5, 0.6) is 23.0 Å². The smallest absolute Gasteiger partial charge is 0.375 e. The van der Waals surface area contributed by atoms with Crippen LogP contribution in [-0.2, 0) is 9.59 Å². The van der Waals surface area contributed by atoms with E-state index in [0.29, 0.717) is 47.0 Å². The van der Waals surface area contributed by atoms with E-state index in [1.807, 2.05) is 6.92 Å². The summed E-state index contributed by atoms with van der Waals surface area (Å²) < 4.78 is 22.1. The van der Waals surface area contributed by atoms with Gasteiger partial charge >= 0.3 is 10.6 Å². The molecule has 3 atom stereocenters. The third-order valence-electron chi connectivity index (χ3n) is 7.76. The minimum Gasteiger partial charge on any atom is -0.454 e. The highest BCUT2D eigenvalue weighted by atomic mass is 32.2. The Labute approximate surface area is 274 Å². The number of para-hydroxylation sites is 2. The van der Waals surface area contributed by atoms with E-state index in [-0.39, 0.29) is 31.1 Å². The van der Waals surface area contributed by atoms with Gasteiger partial charge in [-0.3, -0.25) is 9.59 Å². The van der Waals surface area contributed by atoms with Crippen molar-refractivity contribution in [1.82, 2.24) is 9.80 Å². The molecule has 11 nitrogen and oxygen atoms in total.